The van der Waals surface area contributed by atoms with Crippen LogP contribution in [0.3, 0.4) is 0 Å². The molecule has 2 amide bonds. The number of carbonyl (C=O) groups is 2. The van der Waals surface area contributed by atoms with Gasteiger partial charge in [0.15, 0.2) is 0 Å². The van der Waals surface area contributed by atoms with E-state index in [0.29, 0.717) is 19.0 Å². The Morgan fingerprint density at radius 1 is 1.47 bits per heavy atom. The van der Waals surface area contributed by atoms with E-state index < -0.39 is 11.5 Å². The zero-order valence-corrected chi connectivity index (χ0v) is 11.9. The lowest BCUT2D eigenvalue weighted by Gasteiger charge is -2.34. The van der Waals surface area contributed by atoms with Crippen molar-refractivity contribution in [3.05, 3.63) is 0 Å². The second-order valence-corrected chi connectivity index (χ2v) is 5.36. The topological polar surface area (TPSA) is 78.9 Å². The molecule has 19 heavy (non-hydrogen) atoms. The van der Waals surface area contributed by atoms with Crippen LogP contribution in [0.25, 0.3) is 0 Å². The number of amides is 2. The van der Waals surface area contributed by atoms with Crippen molar-refractivity contribution >= 4 is 12.0 Å². The Bertz CT molecular complexity index is 325. The van der Waals surface area contributed by atoms with Crippen LogP contribution in [-0.4, -0.2) is 53.8 Å². The highest BCUT2D eigenvalue weighted by molar-refractivity contribution is 5.85. The molecule has 6 heteroatoms. The lowest BCUT2D eigenvalue weighted by molar-refractivity contribution is -0.147. The summed E-state index contributed by atoms with van der Waals surface area (Å²) < 4.78 is 5.27. The predicted octanol–water partition coefficient (Wildman–Crippen LogP) is 1.31. The summed E-state index contributed by atoms with van der Waals surface area (Å²) in [6.07, 6.45) is 1.91. The van der Waals surface area contributed by atoms with Crippen LogP contribution >= 0.6 is 0 Å². The summed E-state index contributed by atoms with van der Waals surface area (Å²) in [5.41, 5.74) is -1.20. The average molecular weight is 272 g/mol. The first-order chi connectivity index (χ1) is 8.89. The molecular formula is C13H24N2O4. The van der Waals surface area contributed by atoms with E-state index in [-0.39, 0.29) is 6.03 Å². The number of urea groups is 1. The molecule has 0 aliphatic carbocycles. The molecule has 0 saturated carbocycles. The van der Waals surface area contributed by atoms with Crippen LogP contribution in [0.15, 0.2) is 0 Å². The molecule has 1 atom stereocenters. The highest BCUT2D eigenvalue weighted by Gasteiger charge is 2.36. The van der Waals surface area contributed by atoms with E-state index in [2.05, 4.69) is 5.32 Å². The smallest absolute Gasteiger partial charge is 0.329 e. The summed E-state index contributed by atoms with van der Waals surface area (Å²) >= 11 is 0. The number of likely N-dealkylation sites (N-methyl/N-ethyl adjacent to an activating group) is 1. The quantitative estimate of drug-likeness (QED) is 0.764. The van der Waals surface area contributed by atoms with E-state index in [0.717, 1.165) is 26.1 Å². The zero-order chi connectivity index (χ0) is 14.5. The molecule has 1 fully saturated rings. The number of carboxylic acids is 1. The van der Waals surface area contributed by atoms with Gasteiger partial charge in [0.2, 0.25) is 0 Å². The van der Waals surface area contributed by atoms with Crippen LogP contribution in [0, 0.1) is 5.92 Å². The van der Waals surface area contributed by atoms with Gasteiger partial charge in [-0.1, -0.05) is 0 Å². The number of nitrogens with one attached hydrogen (secondary N) is 1. The first kappa shape index (κ1) is 15.8. The summed E-state index contributed by atoms with van der Waals surface area (Å²) in [4.78, 5) is 24.5. The van der Waals surface area contributed by atoms with Crippen molar-refractivity contribution in [2.75, 3.05) is 26.3 Å². The van der Waals surface area contributed by atoms with Gasteiger partial charge in [0.05, 0.1) is 0 Å². The van der Waals surface area contributed by atoms with Gasteiger partial charge in [-0.2, -0.15) is 0 Å². The molecule has 0 aromatic rings. The maximum absolute atomic E-state index is 12.0. The Morgan fingerprint density at radius 3 is 2.63 bits per heavy atom. The van der Waals surface area contributed by atoms with E-state index >= 15 is 0 Å². The van der Waals surface area contributed by atoms with Gasteiger partial charge in [-0.25, -0.2) is 9.59 Å². The SMILES string of the molecule is CCN(C(=O)NCCC1CCOC1)C(C)(C)C(=O)O. The van der Waals surface area contributed by atoms with E-state index in [1.807, 2.05) is 0 Å². The van der Waals surface area contributed by atoms with E-state index in [9.17, 15) is 9.59 Å². The molecule has 1 rings (SSSR count). The number of aliphatic carboxylic acids is 1. The zero-order valence-electron chi connectivity index (χ0n) is 11.9. The highest BCUT2D eigenvalue weighted by Crippen LogP contribution is 2.16. The molecule has 1 heterocycles. The van der Waals surface area contributed by atoms with Crippen molar-refractivity contribution in [3.63, 3.8) is 0 Å². The van der Waals surface area contributed by atoms with Gasteiger partial charge < -0.3 is 20.1 Å². The van der Waals surface area contributed by atoms with Crippen molar-refractivity contribution < 1.29 is 19.4 Å². The van der Waals surface area contributed by atoms with Crippen LogP contribution in [0.2, 0.25) is 0 Å². The molecule has 0 bridgehead atoms. The minimum atomic E-state index is -1.20. The molecule has 110 valence electrons. The molecule has 0 aromatic heterocycles. The van der Waals surface area contributed by atoms with E-state index in [4.69, 9.17) is 9.84 Å². The molecule has 0 radical (unpaired) electrons. The van der Waals surface area contributed by atoms with E-state index in [1.54, 1.807) is 6.92 Å². The Kier molecular flexibility index (Phi) is 5.60. The fourth-order valence-electron chi connectivity index (χ4n) is 2.20. The predicted molar refractivity (Wildman–Crippen MR) is 71.0 cm³/mol. The second-order valence-electron chi connectivity index (χ2n) is 5.36. The summed E-state index contributed by atoms with van der Waals surface area (Å²) in [5, 5.41) is 11.9. The molecule has 1 saturated heterocycles. The van der Waals surface area contributed by atoms with Crippen molar-refractivity contribution in [1.82, 2.24) is 10.2 Å². The van der Waals surface area contributed by atoms with Crippen molar-refractivity contribution in [1.29, 1.82) is 0 Å². The monoisotopic (exact) mass is 272 g/mol. The van der Waals surface area contributed by atoms with Crippen molar-refractivity contribution in [2.45, 2.75) is 39.2 Å². The van der Waals surface area contributed by atoms with Gasteiger partial charge in [-0.3, -0.25) is 0 Å². The van der Waals surface area contributed by atoms with Crippen molar-refractivity contribution in [3.8, 4) is 0 Å². The Labute approximate surface area is 114 Å². The minimum Gasteiger partial charge on any atom is -0.480 e. The number of hydrogen-bond acceptors (Lipinski definition) is 3. The van der Waals surface area contributed by atoms with Gasteiger partial charge in [0.25, 0.3) is 0 Å². The van der Waals surface area contributed by atoms with Crippen LogP contribution in [-0.2, 0) is 9.53 Å². The molecule has 2 N–H and O–H groups in total. The molecule has 0 spiro atoms. The highest BCUT2D eigenvalue weighted by atomic mass is 16.5. The standard InChI is InChI=1S/C13H24N2O4/c1-4-15(13(2,3)11(16)17)12(18)14-7-5-10-6-8-19-9-10/h10H,4-9H2,1-3H3,(H,14,18)(H,16,17). The van der Waals surface area contributed by atoms with Crippen LogP contribution in [0.1, 0.15) is 33.6 Å². The number of carboxylic acid groups (broad SMARTS) is 1. The Morgan fingerprint density at radius 2 is 2.16 bits per heavy atom. The fraction of sp³-hybridized carbons (Fsp3) is 0.846. The largest absolute Gasteiger partial charge is 0.480 e. The normalized spacial score (nSPS) is 19.2. The molecule has 0 aromatic carbocycles. The third kappa shape index (κ3) is 4.09. The van der Waals surface area contributed by atoms with Gasteiger partial charge in [0, 0.05) is 26.3 Å². The summed E-state index contributed by atoms with van der Waals surface area (Å²) in [7, 11) is 0. The fourth-order valence-corrected chi connectivity index (χ4v) is 2.20. The second kappa shape index (κ2) is 6.75. The number of carbonyl (C=O) groups excluding carboxylic acids is 1. The Hall–Kier alpha value is -1.30. The Balaban J connectivity index is 2.43. The molecular weight excluding hydrogens is 248 g/mol. The molecule has 6 nitrogen and oxygen atoms in total. The van der Waals surface area contributed by atoms with Gasteiger partial charge in [-0.05, 0) is 39.5 Å². The van der Waals surface area contributed by atoms with E-state index in [1.165, 1.54) is 18.7 Å². The van der Waals surface area contributed by atoms with Crippen LogP contribution < -0.4 is 5.32 Å². The summed E-state index contributed by atoms with van der Waals surface area (Å²) in [5.74, 6) is -0.503. The van der Waals surface area contributed by atoms with Gasteiger partial charge in [-0.15, -0.1) is 0 Å². The molecule has 1 aliphatic rings. The lowest BCUT2D eigenvalue weighted by Crippen LogP contribution is -2.56. The van der Waals surface area contributed by atoms with Crippen LogP contribution in [0.4, 0.5) is 4.79 Å². The number of ether oxygens (including phenoxy) is 1. The molecule has 1 unspecified atom stereocenters. The van der Waals surface area contributed by atoms with Gasteiger partial charge >= 0.3 is 12.0 Å². The first-order valence-electron chi connectivity index (χ1n) is 6.76. The van der Waals surface area contributed by atoms with Crippen LogP contribution in [0.5, 0.6) is 0 Å². The molecule has 1 aliphatic heterocycles. The number of rotatable bonds is 6. The first-order valence-corrected chi connectivity index (χ1v) is 6.76. The minimum absolute atomic E-state index is 0.325. The van der Waals surface area contributed by atoms with Gasteiger partial charge in [0.1, 0.15) is 5.54 Å². The summed E-state index contributed by atoms with van der Waals surface area (Å²) in [6.45, 7) is 7.30. The number of nitrogens with zero attached hydrogens (tertiary/aromatic N) is 1. The average Bonchev–Trinajstić information content (AvgIpc) is 2.82. The summed E-state index contributed by atoms with van der Waals surface area (Å²) in [6, 6.07) is -0.325. The maximum Gasteiger partial charge on any atom is 0.329 e. The maximum atomic E-state index is 12.0. The third-order valence-corrected chi connectivity index (χ3v) is 3.61. The van der Waals surface area contributed by atoms with Crippen molar-refractivity contribution in [2.24, 2.45) is 5.92 Å². The third-order valence-electron chi connectivity index (χ3n) is 3.61. The number of hydrogen-bond donors (Lipinski definition) is 2. The lowest BCUT2D eigenvalue weighted by atomic mass is 10.0.